The Bertz CT molecular complexity index is 836. The summed E-state index contributed by atoms with van der Waals surface area (Å²) in [5.41, 5.74) is 0. The number of aromatic nitrogens is 3. The first-order valence-corrected chi connectivity index (χ1v) is 9.76. The molecule has 0 saturated carbocycles. The van der Waals surface area contributed by atoms with Crippen molar-refractivity contribution >= 4 is 22.1 Å². The predicted molar refractivity (Wildman–Crippen MR) is 89.2 cm³/mol. The molecular weight excluding hydrogens is 336 g/mol. The second kappa shape index (κ2) is 6.21. The lowest BCUT2D eigenvalue weighted by molar-refractivity contribution is 0.164. The highest BCUT2D eigenvalue weighted by Gasteiger charge is 2.32. The molecule has 0 amide bonds. The van der Waals surface area contributed by atoms with Gasteiger partial charge in [-0.25, -0.2) is 13.1 Å². The van der Waals surface area contributed by atoms with Gasteiger partial charge in [0.15, 0.2) is 26.2 Å². The summed E-state index contributed by atoms with van der Waals surface area (Å²) in [6.07, 6.45) is 2.26. The molecule has 0 unspecified atom stereocenters. The molecule has 3 rings (SSSR count). The van der Waals surface area contributed by atoms with E-state index < -0.39 is 9.84 Å². The summed E-state index contributed by atoms with van der Waals surface area (Å²) < 4.78 is 32.9. The highest BCUT2D eigenvalue weighted by atomic mass is 32.2. The highest BCUT2D eigenvalue weighted by Crippen LogP contribution is 2.20. The molecule has 9 heteroatoms. The molecule has 2 aromatic rings. The Balaban J connectivity index is 1.85. The Morgan fingerprint density at radius 1 is 1.52 bits per heavy atom. The van der Waals surface area contributed by atoms with Crippen molar-refractivity contribution in [1.82, 2.24) is 19.2 Å². The van der Waals surface area contributed by atoms with Crippen molar-refractivity contribution in [3.8, 4) is 11.6 Å². The molecule has 1 atom stereocenters. The smallest absolute Gasteiger partial charge is 0.199 e. The van der Waals surface area contributed by atoms with Crippen LogP contribution in [0.15, 0.2) is 22.8 Å². The van der Waals surface area contributed by atoms with Crippen LogP contribution in [-0.2, 0) is 23.6 Å². The molecule has 1 saturated heterocycles. The number of hydrogen-bond acceptors (Lipinski definition) is 6. The molecule has 0 aliphatic carbocycles. The van der Waals surface area contributed by atoms with Crippen molar-refractivity contribution < 1.29 is 12.8 Å². The lowest BCUT2D eigenvalue weighted by Gasteiger charge is -2.25. The van der Waals surface area contributed by atoms with Gasteiger partial charge in [0.2, 0.25) is 0 Å². The maximum atomic E-state index is 11.7. The molecule has 1 aliphatic heterocycles. The summed E-state index contributed by atoms with van der Waals surface area (Å²) in [4.78, 5) is 2.11. The zero-order valence-electron chi connectivity index (χ0n) is 13.2. The van der Waals surface area contributed by atoms with Crippen molar-refractivity contribution in [2.75, 3.05) is 18.1 Å². The number of rotatable bonds is 5. The van der Waals surface area contributed by atoms with E-state index in [0.717, 1.165) is 6.54 Å². The van der Waals surface area contributed by atoms with Gasteiger partial charge in [0.1, 0.15) is 0 Å². The fourth-order valence-electron chi connectivity index (χ4n) is 2.91. The van der Waals surface area contributed by atoms with Crippen LogP contribution in [0.4, 0.5) is 0 Å². The third-order valence-electron chi connectivity index (χ3n) is 4.23. The van der Waals surface area contributed by atoms with Crippen LogP contribution in [0, 0.1) is 4.77 Å². The van der Waals surface area contributed by atoms with Crippen LogP contribution in [0.5, 0.6) is 0 Å². The van der Waals surface area contributed by atoms with E-state index >= 15 is 0 Å². The normalized spacial score (nSPS) is 20.4. The minimum Gasteiger partial charge on any atom is -0.461 e. The van der Waals surface area contributed by atoms with Gasteiger partial charge in [-0.1, -0.05) is 6.92 Å². The fraction of sp³-hybridized carbons (Fsp3) is 0.571. The summed E-state index contributed by atoms with van der Waals surface area (Å²) in [7, 11) is -1.06. The highest BCUT2D eigenvalue weighted by molar-refractivity contribution is 7.91. The summed E-state index contributed by atoms with van der Waals surface area (Å²) in [6.45, 7) is 3.24. The molecular formula is C14H20N4O3S2. The first-order valence-electron chi connectivity index (χ1n) is 7.53. The maximum absolute atomic E-state index is 11.7. The second-order valence-electron chi connectivity index (χ2n) is 5.75. The summed E-state index contributed by atoms with van der Waals surface area (Å²) in [5, 5.41) is 4.54. The molecule has 3 heterocycles. The van der Waals surface area contributed by atoms with E-state index in [4.69, 9.17) is 16.6 Å². The molecule has 1 fully saturated rings. The van der Waals surface area contributed by atoms with E-state index in [1.807, 2.05) is 20.0 Å². The van der Waals surface area contributed by atoms with Gasteiger partial charge >= 0.3 is 0 Å². The quantitative estimate of drug-likeness (QED) is 0.759. The van der Waals surface area contributed by atoms with E-state index in [2.05, 4.69) is 10.00 Å². The zero-order valence-corrected chi connectivity index (χ0v) is 14.8. The Labute approximate surface area is 140 Å². The molecule has 23 heavy (non-hydrogen) atoms. The summed E-state index contributed by atoms with van der Waals surface area (Å²) >= 11 is 5.45. The van der Waals surface area contributed by atoms with Crippen LogP contribution < -0.4 is 0 Å². The van der Waals surface area contributed by atoms with Crippen LogP contribution in [0.2, 0.25) is 0 Å². The lowest BCUT2D eigenvalue weighted by atomic mass is 10.2. The van der Waals surface area contributed by atoms with Gasteiger partial charge < -0.3 is 8.98 Å². The Morgan fingerprint density at radius 2 is 2.30 bits per heavy atom. The number of hydrogen-bond donors (Lipinski definition) is 0. The number of sulfone groups is 1. The van der Waals surface area contributed by atoms with Crippen LogP contribution in [0.25, 0.3) is 11.6 Å². The third kappa shape index (κ3) is 3.26. The van der Waals surface area contributed by atoms with Gasteiger partial charge in [0.25, 0.3) is 0 Å². The number of nitrogens with zero attached hydrogens (tertiary/aromatic N) is 4. The van der Waals surface area contributed by atoms with Gasteiger partial charge in [-0.2, -0.15) is 0 Å². The molecule has 0 spiro atoms. The number of furan rings is 1. The standard InChI is InChI=1S/C14H20N4O3S2/c1-3-17(11-6-8-23(19,20)9-11)10-18-14(22)16(2)13(15-18)12-5-4-7-21-12/h4-5,7,11H,3,6,8-10H2,1-2H3/t11-/m0/s1. The third-order valence-corrected chi connectivity index (χ3v) is 6.46. The Morgan fingerprint density at radius 3 is 2.87 bits per heavy atom. The van der Waals surface area contributed by atoms with Crippen molar-refractivity contribution in [2.45, 2.75) is 26.1 Å². The van der Waals surface area contributed by atoms with Gasteiger partial charge in [-0.15, -0.1) is 5.10 Å². The van der Waals surface area contributed by atoms with E-state index in [-0.39, 0.29) is 17.5 Å². The minimum absolute atomic E-state index is 0.0287. The molecule has 0 bridgehead atoms. The van der Waals surface area contributed by atoms with Gasteiger partial charge in [0, 0.05) is 13.1 Å². The second-order valence-corrected chi connectivity index (χ2v) is 8.34. The van der Waals surface area contributed by atoms with Gasteiger partial charge in [-0.05, 0) is 37.3 Å². The zero-order chi connectivity index (χ0) is 16.6. The molecule has 2 aromatic heterocycles. The van der Waals surface area contributed by atoms with Crippen LogP contribution >= 0.6 is 12.2 Å². The SMILES string of the molecule is CCN(Cn1nc(-c2ccco2)n(C)c1=S)[C@H]1CCS(=O)(=O)C1. The van der Waals surface area contributed by atoms with Crippen molar-refractivity contribution in [2.24, 2.45) is 7.05 Å². The largest absolute Gasteiger partial charge is 0.461 e. The molecule has 0 N–H and O–H groups in total. The molecule has 0 aromatic carbocycles. The topological polar surface area (TPSA) is 73.3 Å². The Kier molecular flexibility index (Phi) is 4.43. The van der Waals surface area contributed by atoms with E-state index in [1.165, 1.54) is 0 Å². The maximum Gasteiger partial charge on any atom is 0.199 e. The van der Waals surface area contributed by atoms with Crippen LogP contribution in [0.3, 0.4) is 0 Å². The summed E-state index contributed by atoms with van der Waals surface area (Å²) in [6, 6.07) is 3.67. The first kappa shape index (κ1) is 16.4. The molecule has 1 aliphatic rings. The van der Waals surface area contributed by atoms with Crippen LogP contribution in [0.1, 0.15) is 13.3 Å². The summed E-state index contributed by atoms with van der Waals surface area (Å²) in [5.74, 6) is 1.80. The van der Waals surface area contributed by atoms with E-state index in [0.29, 0.717) is 29.4 Å². The molecule has 0 radical (unpaired) electrons. The van der Waals surface area contributed by atoms with E-state index in [9.17, 15) is 8.42 Å². The van der Waals surface area contributed by atoms with Crippen molar-refractivity contribution in [1.29, 1.82) is 0 Å². The van der Waals surface area contributed by atoms with Gasteiger partial charge in [-0.3, -0.25) is 4.90 Å². The predicted octanol–water partition coefficient (Wildman–Crippen LogP) is 1.68. The van der Waals surface area contributed by atoms with Crippen molar-refractivity contribution in [3.63, 3.8) is 0 Å². The lowest BCUT2D eigenvalue weighted by Crippen LogP contribution is -2.37. The van der Waals surface area contributed by atoms with E-state index in [1.54, 1.807) is 21.6 Å². The minimum atomic E-state index is -2.91. The average Bonchev–Trinajstić information content (AvgIpc) is 3.20. The Hall–Kier alpha value is -1.45. The molecule has 7 nitrogen and oxygen atoms in total. The van der Waals surface area contributed by atoms with Crippen LogP contribution in [-0.4, -0.2) is 51.8 Å². The first-order chi connectivity index (χ1) is 10.9. The van der Waals surface area contributed by atoms with Crippen molar-refractivity contribution in [3.05, 3.63) is 23.2 Å². The fourth-order valence-corrected chi connectivity index (χ4v) is 4.86. The van der Waals surface area contributed by atoms with Gasteiger partial charge in [0.05, 0.1) is 24.4 Å². The monoisotopic (exact) mass is 356 g/mol. The average molecular weight is 356 g/mol. The molecule has 126 valence electrons.